The first-order chi connectivity index (χ1) is 13.9. The molecule has 0 aliphatic carbocycles. The maximum absolute atomic E-state index is 12.8. The Morgan fingerprint density at radius 3 is 2.59 bits per heavy atom. The molecule has 3 rings (SSSR count). The van der Waals surface area contributed by atoms with Gasteiger partial charge in [0.15, 0.2) is 0 Å². The zero-order valence-corrected chi connectivity index (χ0v) is 17.4. The number of anilines is 1. The average molecular weight is 403 g/mol. The van der Waals surface area contributed by atoms with Crippen LogP contribution in [0.1, 0.15) is 38.2 Å². The van der Waals surface area contributed by atoms with E-state index in [1.54, 1.807) is 6.92 Å². The van der Waals surface area contributed by atoms with E-state index in [4.69, 9.17) is 14.2 Å². The van der Waals surface area contributed by atoms with Crippen LogP contribution in [-0.2, 0) is 14.3 Å². The topological polar surface area (TPSA) is 92.9 Å². The van der Waals surface area contributed by atoms with Gasteiger partial charge in [0.1, 0.15) is 11.4 Å². The van der Waals surface area contributed by atoms with Crippen LogP contribution in [0.3, 0.4) is 0 Å². The molecule has 29 heavy (non-hydrogen) atoms. The number of nitrogens with zero attached hydrogens (tertiary/aromatic N) is 1. The molecule has 2 aromatic rings. The fourth-order valence-electron chi connectivity index (χ4n) is 3.71. The van der Waals surface area contributed by atoms with Crippen LogP contribution in [0.15, 0.2) is 18.2 Å². The van der Waals surface area contributed by atoms with Gasteiger partial charge >= 0.3 is 5.97 Å². The summed E-state index contributed by atoms with van der Waals surface area (Å²) in [6.45, 7) is 9.99. The molecule has 0 spiro atoms. The number of morpholine rings is 1. The molecule has 1 aromatic heterocycles. The number of nitrogens with one attached hydrogen (secondary N) is 2. The average Bonchev–Trinajstić information content (AvgIpc) is 2.99. The Labute approximate surface area is 170 Å². The molecule has 2 N–H and O–H groups in total. The molecular formula is C21H29N3O5. The minimum absolute atomic E-state index is 0.0727. The molecule has 1 fully saturated rings. The molecule has 1 aliphatic heterocycles. The molecule has 1 aliphatic rings. The summed E-state index contributed by atoms with van der Waals surface area (Å²) in [6, 6.07) is 5.45. The van der Waals surface area contributed by atoms with E-state index >= 15 is 0 Å². The predicted octanol–water partition coefficient (Wildman–Crippen LogP) is 2.79. The zero-order chi connectivity index (χ0) is 21.0. The quantitative estimate of drug-likeness (QED) is 0.691. The number of esters is 1. The van der Waals surface area contributed by atoms with Crippen LogP contribution >= 0.6 is 0 Å². The predicted molar refractivity (Wildman–Crippen MR) is 111 cm³/mol. The molecule has 0 bridgehead atoms. The standard InChI is InChI=1S/C21H29N3O5/c1-5-27-15-7-8-17-16(9-15)19(20(22-17)21(26)28-6-2)23-18(25)12-24-10-13(3)29-14(4)11-24/h7-9,13-14,22H,5-6,10-12H2,1-4H3,(H,23,25). The van der Waals surface area contributed by atoms with Crippen LogP contribution in [0.5, 0.6) is 5.75 Å². The van der Waals surface area contributed by atoms with Crippen molar-refractivity contribution in [2.75, 3.05) is 38.2 Å². The molecule has 8 heteroatoms. The van der Waals surface area contributed by atoms with Crippen molar-refractivity contribution >= 4 is 28.5 Å². The summed E-state index contributed by atoms with van der Waals surface area (Å²) in [6.07, 6.45) is 0.145. The molecule has 0 saturated carbocycles. The normalized spacial score (nSPS) is 19.9. The number of rotatable bonds is 7. The molecule has 2 atom stereocenters. The smallest absolute Gasteiger partial charge is 0.356 e. The lowest BCUT2D eigenvalue weighted by atomic mass is 10.2. The fraction of sp³-hybridized carbons (Fsp3) is 0.524. The Bertz CT molecular complexity index is 869. The number of aromatic amines is 1. The van der Waals surface area contributed by atoms with Crippen molar-refractivity contribution in [3.05, 3.63) is 23.9 Å². The number of amides is 1. The molecule has 1 saturated heterocycles. The summed E-state index contributed by atoms with van der Waals surface area (Å²) in [7, 11) is 0. The van der Waals surface area contributed by atoms with E-state index in [-0.39, 0.29) is 37.0 Å². The van der Waals surface area contributed by atoms with E-state index < -0.39 is 5.97 Å². The first-order valence-corrected chi connectivity index (χ1v) is 10.0. The number of carbonyl (C=O) groups is 2. The number of fused-ring (bicyclic) bond motifs is 1. The van der Waals surface area contributed by atoms with Crippen LogP contribution in [0.4, 0.5) is 5.69 Å². The molecule has 1 amide bonds. The van der Waals surface area contributed by atoms with Crippen molar-refractivity contribution in [1.29, 1.82) is 0 Å². The number of hydrogen-bond donors (Lipinski definition) is 2. The van der Waals surface area contributed by atoms with Crippen molar-refractivity contribution in [2.24, 2.45) is 0 Å². The van der Waals surface area contributed by atoms with Crippen LogP contribution < -0.4 is 10.1 Å². The van der Waals surface area contributed by atoms with Gasteiger partial charge in [-0.2, -0.15) is 0 Å². The van der Waals surface area contributed by atoms with Gasteiger partial charge in [-0.3, -0.25) is 9.69 Å². The highest BCUT2D eigenvalue weighted by Crippen LogP contribution is 2.31. The van der Waals surface area contributed by atoms with Gasteiger partial charge in [0, 0.05) is 24.0 Å². The summed E-state index contributed by atoms with van der Waals surface area (Å²) in [5.41, 5.74) is 1.37. The van der Waals surface area contributed by atoms with E-state index in [0.717, 1.165) is 5.52 Å². The Balaban J connectivity index is 1.86. The third-order valence-corrected chi connectivity index (χ3v) is 4.69. The lowest BCUT2D eigenvalue weighted by Gasteiger charge is -2.34. The maximum Gasteiger partial charge on any atom is 0.356 e. The highest BCUT2D eigenvalue weighted by Gasteiger charge is 2.26. The summed E-state index contributed by atoms with van der Waals surface area (Å²) < 4.78 is 16.4. The maximum atomic E-state index is 12.8. The highest BCUT2D eigenvalue weighted by atomic mass is 16.5. The minimum atomic E-state index is -0.509. The molecule has 8 nitrogen and oxygen atoms in total. The largest absolute Gasteiger partial charge is 0.494 e. The number of aromatic nitrogens is 1. The van der Waals surface area contributed by atoms with Crippen molar-refractivity contribution < 1.29 is 23.8 Å². The lowest BCUT2D eigenvalue weighted by molar-refractivity contribution is -0.121. The van der Waals surface area contributed by atoms with Crippen LogP contribution in [0, 0.1) is 0 Å². The van der Waals surface area contributed by atoms with Gasteiger partial charge in [0.25, 0.3) is 0 Å². The molecular weight excluding hydrogens is 374 g/mol. The summed E-state index contributed by atoms with van der Waals surface area (Å²) in [5.74, 6) is -0.0362. The number of benzene rings is 1. The minimum Gasteiger partial charge on any atom is -0.494 e. The monoisotopic (exact) mass is 403 g/mol. The van der Waals surface area contributed by atoms with E-state index in [2.05, 4.69) is 15.2 Å². The molecule has 0 radical (unpaired) electrons. The van der Waals surface area contributed by atoms with Crippen molar-refractivity contribution in [2.45, 2.75) is 39.9 Å². The second-order valence-corrected chi connectivity index (χ2v) is 7.24. The second kappa shape index (κ2) is 9.28. The molecule has 158 valence electrons. The molecule has 2 unspecified atom stereocenters. The number of carbonyl (C=O) groups excluding carboxylic acids is 2. The van der Waals surface area contributed by atoms with Crippen molar-refractivity contribution in [3.63, 3.8) is 0 Å². The van der Waals surface area contributed by atoms with Crippen LogP contribution in [0.25, 0.3) is 10.9 Å². The van der Waals surface area contributed by atoms with E-state index in [0.29, 0.717) is 36.5 Å². The SMILES string of the molecule is CCOC(=O)c1[nH]c2ccc(OCC)cc2c1NC(=O)CN1CC(C)OC(C)C1. The van der Waals surface area contributed by atoms with Crippen molar-refractivity contribution in [3.8, 4) is 5.75 Å². The second-order valence-electron chi connectivity index (χ2n) is 7.24. The van der Waals surface area contributed by atoms with E-state index in [1.165, 1.54) is 0 Å². The van der Waals surface area contributed by atoms with E-state index in [9.17, 15) is 9.59 Å². The number of hydrogen-bond acceptors (Lipinski definition) is 6. The summed E-state index contributed by atoms with van der Waals surface area (Å²) in [4.78, 5) is 30.3. The first-order valence-electron chi connectivity index (χ1n) is 10.0. The van der Waals surface area contributed by atoms with Gasteiger partial charge in [0.2, 0.25) is 5.91 Å². The van der Waals surface area contributed by atoms with Gasteiger partial charge in [-0.05, 0) is 45.9 Å². The Morgan fingerprint density at radius 2 is 1.93 bits per heavy atom. The Morgan fingerprint density at radius 1 is 1.21 bits per heavy atom. The van der Waals surface area contributed by atoms with Crippen molar-refractivity contribution in [1.82, 2.24) is 9.88 Å². The summed E-state index contributed by atoms with van der Waals surface area (Å²) in [5, 5.41) is 3.61. The summed E-state index contributed by atoms with van der Waals surface area (Å²) >= 11 is 0. The molecule has 1 aromatic carbocycles. The lowest BCUT2D eigenvalue weighted by Crippen LogP contribution is -2.48. The van der Waals surface area contributed by atoms with Gasteiger partial charge in [0.05, 0.1) is 37.7 Å². The third-order valence-electron chi connectivity index (χ3n) is 4.69. The van der Waals surface area contributed by atoms with Gasteiger partial charge in [-0.15, -0.1) is 0 Å². The Kier molecular flexibility index (Phi) is 6.76. The van der Waals surface area contributed by atoms with Crippen LogP contribution in [-0.4, -0.2) is 66.8 Å². The fourth-order valence-corrected chi connectivity index (χ4v) is 3.71. The number of H-pyrrole nitrogens is 1. The Hall–Kier alpha value is -2.58. The van der Waals surface area contributed by atoms with Crippen LogP contribution in [0.2, 0.25) is 0 Å². The molecule has 2 heterocycles. The van der Waals surface area contributed by atoms with E-state index in [1.807, 2.05) is 39.0 Å². The number of ether oxygens (including phenoxy) is 3. The van der Waals surface area contributed by atoms with Gasteiger partial charge < -0.3 is 24.5 Å². The van der Waals surface area contributed by atoms with Gasteiger partial charge in [-0.25, -0.2) is 4.79 Å². The highest BCUT2D eigenvalue weighted by molar-refractivity contribution is 6.11. The third kappa shape index (κ3) is 5.07. The van der Waals surface area contributed by atoms with Gasteiger partial charge in [-0.1, -0.05) is 0 Å². The zero-order valence-electron chi connectivity index (χ0n) is 17.4. The first kappa shape index (κ1) is 21.1.